The van der Waals surface area contributed by atoms with E-state index in [1.165, 1.54) is 11.1 Å². The monoisotopic (exact) mass is 275 g/mol. The van der Waals surface area contributed by atoms with Crippen molar-refractivity contribution >= 4 is 21.9 Å². The van der Waals surface area contributed by atoms with Crippen molar-refractivity contribution in [3.8, 4) is 0 Å². The Morgan fingerprint density at radius 1 is 1.06 bits per heavy atom. The first-order chi connectivity index (χ1) is 7.83. The van der Waals surface area contributed by atoms with Gasteiger partial charge in [0.25, 0.3) is 0 Å². The second-order valence-electron chi connectivity index (χ2n) is 3.80. The fourth-order valence-corrected chi connectivity index (χ4v) is 2.23. The number of aromatic nitrogens is 2. The Morgan fingerprint density at radius 2 is 1.75 bits per heavy atom. The molecule has 0 unspecified atom stereocenters. The number of nitrogens with zero attached hydrogens (tertiary/aromatic N) is 3. The lowest BCUT2D eigenvalue weighted by atomic mass is 10.1. The van der Waals surface area contributed by atoms with Gasteiger partial charge in [-0.1, -0.05) is 24.3 Å². The highest BCUT2D eigenvalue weighted by molar-refractivity contribution is 9.10. The molecule has 2 aromatic rings. The predicted octanol–water partition coefficient (Wildman–Crippen LogP) is 2.76. The summed E-state index contributed by atoms with van der Waals surface area (Å²) in [7, 11) is 0. The summed E-state index contributed by atoms with van der Waals surface area (Å²) in [5, 5.41) is 0. The smallest absolute Gasteiger partial charge is 0.226 e. The Kier molecular flexibility index (Phi) is 2.36. The summed E-state index contributed by atoms with van der Waals surface area (Å²) in [4.78, 5) is 10.8. The van der Waals surface area contributed by atoms with E-state index in [1.807, 2.05) is 6.07 Å². The quantitative estimate of drug-likeness (QED) is 0.750. The van der Waals surface area contributed by atoms with Crippen LogP contribution in [-0.4, -0.2) is 9.97 Å². The second-order valence-corrected chi connectivity index (χ2v) is 4.62. The molecule has 0 amide bonds. The maximum Gasteiger partial charge on any atom is 0.226 e. The molecule has 3 nitrogen and oxygen atoms in total. The van der Waals surface area contributed by atoms with Crippen molar-refractivity contribution in [3.05, 3.63) is 52.3 Å². The van der Waals surface area contributed by atoms with Crippen molar-refractivity contribution in [1.82, 2.24) is 9.97 Å². The van der Waals surface area contributed by atoms with E-state index < -0.39 is 0 Å². The zero-order valence-corrected chi connectivity index (χ0v) is 10.2. The van der Waals surface area contributed by atoms with E-state index in [-0.39, 0.29) is 0 Å². The molecule has 0 bridgehead atoms. The highest BCUT2D eigenvalue weighted by Crippen LogP contribution is 2.25. The molecule has 3 rings (SSSR count). The van der Waals surface area contributed by atoms with Crippen molar-refractivity contribution < 1.29 is 0 Å². The van der Waals surface area contributed by atoms with Crippen LogP contribution in [0.1, 0.15) is 11.1 Å². The number of hydrogen-bond donors (Lipinski definition) is 0. The molecule has 0 fully saturated rings. The largest absolute Gasteiger partial charge is 0.332 e. The van der Waals surface area contributed by atoms with E-state index >= 15 is 0 Å². The molecule has 0 atom stereocenters. The summed E-state index contributed by atoms with van der Waals surface area (Å²) < 4.78 is 0.827. The van der Waals surface area contributed by atoms with E-state index in [2.05, 4.69) is 55.1 Å². The number of anilines is 1. The third-order valence-corrected chi connectivity index (χ3v) is 3.17. The third-order valence-electron chi connectivity index (χ3n) is 2.73. The van der Waals surface area contributed by atoms with Crippen LogP contribution in [0.15, 0.2) is 41.1 Å². The zero-order chi connectivity index (χ0) is 11.0. The number of hydrogen-bond acceptors (Lipinski definition) is 3. The van der Waals surface area contributed by atoms with Crippen LogP contribution in [0, 0.1) is 0 Å². The summed E-state index contributed by atoms with van der Waals surface area (Å²) in [6, 6.07) is 10.3. The van der Waals surface area contributed by atoms with Crippen LogP contribution in [0.4, 0.5) is 5.95 Å². The molecular formula is C12H10BrN3. The lowest BCUT2D eigenvalue weighted by Gasteiger charge is -2.14. The van der Waals surface area contributed by atoms with Gasteiger partial charge in [0.1, 0.15) is 4.60 Å². The molecule has 4 heteroatoms. The molecule has 80 valence electrons. The van der Waals surface area contributed by atoms with Crippen molar-refractivity contribution in [1.29, 1.82) is 0 Å². The zero-order valence-electron chi connectivity index (χ0n) is 8.60. The molecule has 0 spiro atoms. The SMILES string of the molecule is Brc1ccnc(N2Cc3ccccc3C2)n1. The normalized spacial score (nSPS) is 13.9. The van der Waals surface area contributed by atoms with Crippen molar-refractivity contribution in [2.24, 2.45) is 0 Å². The molecular weight excluding hydrogens is 266 g/mol. The molecule has 0 saturated heterocycles. The Bertz CT molecular complexity index is 502. The molecule has 0 saturated carbocycles. The minimum absolute atomic E-state index is 0.783. The fourth-order valence-electron chi connectivity index (χ4n) is 1.95. The topological polar surface area (TPSA) is 29.0 Å². The van der Waals surface area contributed by atoms with Gasteiger partial charge in [0.15, 0.2) is 0 Å². The van der Waals surface area contributed by atoms with Gasteiger partial charge in [0.05, 0.1) is 0 Å². The first kappa shape index (κ1) is 9.78. The van der Waals surface area contributed by atoms with Crippen molar-refractivity contribution in [2.75, 3.05) is 4.90 Å². The van der Waals surface area contributed by atoms with Crippen LogP contribution in [0.3, 0.4) is 0 Å². The molecule has 1 aliphatic heterocycles. The minimum Gasteiger partial charge on any atom is -0.332 e. The summed E-state index contributed by atoms with van der Waals surface area (Å²) in [6.45, 7) is 1.79. The van der Waals surface area contributed by atoms with E-state index in [0.29, 0.717) is 0 Å². The molecule has 1 aromatic carbocycles. The number of rotatable bonds is 1. The van der Waals surface area contributed by atoms with Gasteiger partial charge < -0.3 is 4.90 Å². The van der Waals surface area contributed by atoms with Gasteiger partial charge in [-0.05, 0) is 33.1 Å². The summed E-state index contributed by atoms with van der Waals surface area (Å²) in [5.74, 6) is 0.783. The van der Waals surface area contributed by atoms with Gasteiger partial charge in [-0.3, -0.25) is 0 Å². The lowest BCUT2D eigenvalue weighted by molar-refractivity contribution is 0.825. The first-order valence-corrected chi connectivity index (χ1v) is 5.92. The predicted molar refractivity (Wildman–Crippen MR) is 66.1 cm³/mol. The summed E-state index contributed by atoms with van der Waals surface area (Å²) in [5.41, 5.74) is 2.73. The van der Waals surface area contributed by atoms with Crippen LogP contribution in [0.2, 0.25) is 0 Å². The molecule has 16 heavy (non-hydrogen) atoms. The van der Waals surface area contributed by atoms with Gasteiger partial charge in [0.2, 0.25) is 5.95 Å². The molecule has 2 heterocycles. The van der Waals surface area contributed by atoms with Gasteiger partial charge in [0, 0.05) is 19.3 Å². The lowest BCUT2D eigenvalue weighted by Crippen LogP contribution is -2.17. The average molecular weight is 276 g/mol. The van der Waals surface area contributed by atoms with Gasteiger partial charge in [-0.15, -0.1) is 0 Å². The molecule has 1 aliphatic rings. The summed E-state index contributed by atoms with van der Waals surface area (Å²) in [6.07, 6.45) is 1.77. The Labute approximate surface area is 102 Å². The first-order valence-electron chi connectivity index (χ1n) is 5.13. The highest BCUT2D eigenvalue weighted by atomic mass is 79.9. The molecule has 0 radical (unpaired) electrons. The van der Waals surface area contributed by atoms with E-state index in [4.69, 9.17) is 0 Å². The van der Waals surface area contributed by atoms with Crippen LogP contribution in [0.25, 0.3) is 0 Å². The number of benzene rings is 1. The Hall–Kier alpha value is -1.42. The van der Waals surface area contributed by atoms with Crippen LogP contribution >= 0.6 is 15.9 Å². The molecule has 1 aromatic heterocycles. The fraction of sp³-hybridized carbons (Fsp3) is 0.167. The maximum absolute atomic E-state index is 4.37. The minimum atomic E-state index is 0.783. The molecule has 0 N–H and O–H groups in total. The van der Waals surface area contributed by atoms with Gasteiger partial charge >= 0.3 is 0 Å². The van der Waals surface area contributed by atoms with Crippen molar-refractivity contribution in [3.63, 3.8) is 0 Å². The van der Waals surface area contributed by atoms with Gasteiger partial charge in [-0.25, -0.2) is 9.97 Å². The Balaban J connectivity index is 1.91. The standard InChI is InChI=1S/C12H10BrN3/c13-11-5-6-14-12(15-11)16-7-9-3-1-2-4-10(9)8-16/h1-6H,7-8H2. The molecule has 0 aliphatic carbocycles. The average Bonchev–Trinajstić information content (AvgIpc) is 2.72. The van der Waals surface area contributed by atoms with Crippen LogP contribution in [-0.2, 0) is 13.1 Å². The van der Waals surface area contributed by atoms with Crippen LogP contribution in [0.5, 0.6) is 0 Å². The number of halogens is 1. The van der Waals surface area contributed by atoms with Gasteiger partial charge in [-0.2, -0.15) is 0 Å². The van der Waals surface area contributed by atoms with Crippen LogP contribution < -0.4 is 4.90 Å². The van der Waals surface area contributed by atoms with E-state index in [1.54, 1.807) is 6.20 Å². The van der Waals surface area contributed by atoms with Crippen molar-refractivity contribution in [2.45, 2.75) is 13.1 Å². The second kappa shape index (κ2) is 3.87. The van der Waals surface area contributed by atoms with E-state index in [9.17, 15) is 0 Å². The maximum atomic E-state index is 4.37. The number of fused-ring (bicyclic) bond motifs is 1. The van der Waals surface area contributed by atoms with E-state index in [0.717, 1.165) is 23.6 Å². The highest BCUT2D eigenvalue weighted by Gasteiger charge is 2.20. The Morgan fingerprint density at radius 3 is 2.38 bits per heavy atom. The summed E-state index contributed by atoms with van der Waals surface area (Å²) >= 11 is 3.37. The third kappa shape index (κ3) is 1.69.